The minimum absolute atomic E-state index is 0.388. The van der Waals surface area contributed by atoms with Gasteiger partial charge in [0.05, 0.1) is 0 Å². The number of rotatable bonds is 4. The first-order valence-corrected chi connectivity index (χ1v) is 5.54. The van der Waals surface area contributed by atoms with E-state index in [-0.39, 0.29) is 0 Å². The maximum absolute atomic E-state index is 4.38. The van der Waals surface area contributed by atoms with E-state index >= 15 is 0 Å². The first-order chi connectivity index (χ1) is 7.15. The molecule has 0 rings (SSSR count). The summed E-state index contributed by atoms with van der Waals surface area (Å²) in [5.74, 6) is 1.19. The third-order valence-corrected chi connectivity index (χ3v) is 1.62. The van der Waals surface area contributed by atoms with Crippen molar-refractivity contribution in [3.63, 3.8) is 0 Å². The van der Waals surface area contributed by atoms with Crippen LogP contribution in [0.3, 0.4) is 0 Å². The van der Waals surface area contributed by atoms with Crippen LogP contribution in [0.4, 0.5) is 0 Å². The zero-order chi connectivity index (χ0) is 12.3. The van der Waals surface area contributed by atoms with Gasteiger partial charge in [0.15, 0.2) is 0 Å². The van der Waals surface area contributed by atoms with Gasteiger partial charge in [-0.2, -0.15) is 0 Å². The fourth-order valence-electron chi connectivity index (χ4n) is 0.864. The summed E-state index contributed by atoms with van der Waals surface area (Å²) < 4.78 is 0. The average Bonchev–Trinajstić information content (AvgIpc) is 2.26. The molecule has 2 heteroatoms. The molecule has 0 N–H and O–H groups in total. The van der Waals surface area contributed by atoms with Crippen molar-refractivity contribution in [1.29, 1.82) is 0 Å². The van der Waals surface area contributed by atoms with E-state index in [9.17, 15) is 0 Å². The number of hydrogen-bond donors (Lipinski definition) is 0. The molecule has 0 bridgehead atoms. The first-order valence-electron chi connectivity index (χ1n) is 5.54. The van der Waals surface area contributed by atoms with Gasteiger partial charge in [-0.15, -0.1) is 0 Å². The van der Waals surface area contributed by atoms with E-state index < -0.39 is 0 Å². The molecule has 0 aliphatic rings. The van der Waals surface area contributed by atoms with Gasteiger partial charge < -0.3 is 0 Å². The molecule has 0 aromatic heterocycles. The maximum atomic E-state index is 4.38. The van der Waals surface area contributed by atoms with Gasteiger partial charge in [-0.3, -0.25) is 0 Å². The van der Waals surface area contributed by atoms with Gasteiger partial charge in [-0.1, -0.05) is 47.8 Å². The largest absolute Gasteiger partial charge is 0.242 e. The van der Waals surface area contributed by atoms with Gasteiger partial charge in [-0.05, 0) is 12.0 Å². The van der Waals surface area contributed by atoms with E-state index in [1.54, 1.807) is 6.08 Å². The molecule has 15 heavy (non-hydrogen) atoms. The van der Waals surface area contributed by atoms with Gasteiger partial charge >= 0.3 is 0 Å². The van der Waals surface area contributed by atoms with Crippen LogP contribution in [-0.2, 0) is 0 Å². The highest BCUT2D eigenvalue weighted by Crippen LogP contribution is 2.01. The van der Waals surface area contributed by atoms with Crippen LogP contribution in [-0.4, -0.2) is 11.5 Å². The Bertz CT molecular complexity index is 235. The molecule has 0 saturated heterocycles. The molecule has 0 aromatic rings. The van der Waals surface area contributed by atoms with Crippen molar-refractivity contribution in [2.45, 2.75) is 41.0 Å². The van der Waals surface area contributed by atoms with Crippen LogP contribution in [0.1, 0.15) is 41.0 Å². The van der Waals surface area contributed by atoms with Crippen molar-refractivity contribution in [2.24, 2.45) is 15.9 Å². The zero-order valence-corrected chi connectivity index (χ0v) is 10.7. The SMILES string of the molecule is C=CN=C(CC)N=C(C=C)C(C)C.CC. The lowest BCUT2D eigenvalue weighted by molar-refractivity contribution is 0.890. The van der Waals surface area contributed by atoms with Crippen molar-refractivity contribution in [1.82, 2.24) is 0 Å². The molecule has 0 radical (unpaired) electrons. The van der Waals surface area contributed by atoms with Crippen LogP contribution in [0.25, 0.3) is 0 Å². The zero-order valence-electron chi connectivity index (χ0n) is 10.7. The van der Waals surface area contributed by atoms with Crippen LogP contribution >= 0.6 is 0 Å². The van der Waals surface area contributed by atoms with Gasteiger partial charge in [0.1, 0.15) is 5.84 Å². The Kier molecular flexibility index (Phi) is 11.8. The van der Waals surface area contributed by atoms with Gasteiger partial charge in [0, 0.05) is 18.3 Å². The van der Waals surface area contributed by atoms with E-state index in [0.717, 1.165) is 18.0 Å². The molecule has 0 amide bonds. The summed E-state index contributed by atoms with van der Waals surface area (Å²) in [5, 5.41) is 0. The molecule has 0 atom stereocenters. The fraction of sp³-hybridized carbons (Fsp3) is 0.538. The Balaban J connectivity index is 0. The van der Waals surface area contributed by atoms with Gasteiger partial charge in [0.25, 0.3) is 0 Å². The lowest BCUT2D eigenvalue weighted by atomic mass is 10.1. The molecule has 0 saturated carbocycles. The predicted molar refractivity (Wildman–Crippen MR) is 71.7 cm³/mol. The number of amidine groups is 1. The number of nitrogens with zero attached hydrogens (tertiary/aromatic N) is 2. The molecular weight excluding hydrogens is 184 g/mol. The second-order valence-electron chi connectivity index (χ2n) is 2.98. The van der Waals surface area contributed by atoms with Gasteiger partial charge in [0.2, 0.25) is 0 Å². The monoisotopic (exact) mass is 208 g/mol. The summed E-state index contributed by atoms with van der Waals surface area (Å²) in [6, 6.07) is 0. The van der Waals surface area contributed by atoms with Crippen LogP contribution < -0.4 is 0 Å². The molecule has 0 aliphatic carbocycles. The molecule has 0 heterocycles. The number of allylic oxidation sites excluding steroid dienone is 1. The number of aliphatic imine (C=N–C) groups is 2. The van der Waals surface area contributed by atoms with E-state index in [4.69, 9.17) is 0 Å². The quantitative estimate of drug-likeness (QED) is 0.487. The lowest BCUT2D eigenvalue weighted by Crippen LogP contribution is -2.06. The van der Waals surface area contributed by atoms with Crippen molar-refractivity contribution in [2.75, 3.05) is 0 Å². The first kappa shape index (κ1) is 16.3. The summed E-state index contributed by atoms with van der Waals surface area (Å²) in [7, 11) is 0. The molecular formula is C13H24N2. The molecule has 2 nitrogen and oxygen atoms in total. The highest BCUT2D eigenvalue weighted by Gasteiger charge is 2.01. The normalized spacial score (nSPS) is 11.9. The molecule has 0 unspecified atom stereocenters. The smallest absolute Gasteiger partial charge is 0.128 e. The average molecular weight is 208 g/mol. The third-order valence-electron chi connectivity index (χ3n) is 1.62. The minimum Gasteiger partial charge on any atom is -0.242 e. The molecule has 0 aromatic carbocycles. The molecule has 0 aliphatic heterocycles. The lowest BCUT2D eigenvalue weighted by Gasteiger charge is -2.04. The Morgan fingerprint density at radius 1 is 1.27 bits per heavy atom. The molecule has 0 spiro atoms. The molecule has 0 fully saturated rings. The summed E-state index contributed by atoms with van der Waals surface area (Å²) in [6.45, 7) is 17.5. The fourth-order valence-corrected chi connectivity index (χ4v) is 0.864. The van der Waals surface area contributed by atoms with E-state index in [1.165, 1.54) is 6.20 Å². The standard InChI is InChI=1S/C11H18N2.C2H6/c1-6-10(9(4)5)13-11(7-2)12-8-3;1-2/h6,8-9H,1,3,7H2,2,4-5H3;1-2H3. The Labute approximate surface area is 94.5 Å². The predicted octanol–water partition coefficient (Wildman–Crippen LogP) is 4.25. The van der Waals surface area contributed by atoms with Crippen LogP contribution in [0.2, 0.25) is 0 Å². The highest BCUT2D eigenvalue weighted by molar-refractivity contribution is 6.04. The summed E-state index contributed by atoms with van der Waals surface area (Å²) in [4.78, 5) is 8.44. The maximum Gasteiger partial charge on any atom is 0.128 e. The highest BCUT2D eigenvalue weighted by atomic mass is 14.9. The van der Waals surface area contributed by atoms with E-state index in [2.05, 4.69) is 37.0 Å². The summed E-state index contributed by atoms with van der Waals surface area (Å²) >= 11 is 0. The topological polar surface area (TPSA) is 24.7 Å². The summed E-state index contributed by atoms with van der Waals surface area (Å²) in [5.41, 5.74) is 0.974. The van der Waals surface area contributed by atoms with Crippen LogP contribution in [0, 0.1) is 5.92 Å². The number of hydrogen-bond acceptors (Lipinski definition) is 1. The van der Waals surface area contributed by atoms with Crippen molar-refractivity contribution < 1.29 is 0 Å². The Hall–Kier alpha value is -1.18. The van der Waals surface area contributed by atoms with Crippen LogP contribution in [0.15, 0.2) is 35.4 Å². The second-order valence-corrected chi connectivity index (χ2v) is 2.98. The summed E-state index contributed by atoms with van der Waals surface area (Å²) in [6.07, 6.45) is 4.11. The van der Waals surface area contributed by atoms with Crippen molar-refractivity contribution >= 4 is 11.5 Å². The van der Waals surface area contributed by atoms with E-state index in [1.807, 2.05) is 20.8 Å². The van der Waals surface area contributed by atoms with Crippen LogP contribution in [0.5, 0.6) is 0 Å². The van der Waals surface area contributed by atoms with Crippen molar-refractivity contribution in [3.05, 3.63) is 25.4 Å². The second kappa shape index (κ2) is 10.9. The van der Waals surface area contributed by atoms with Gasteiger partial charge in [-0.25, -0.2) is 9.98 Å². The van der Waals surface area contributed by atoms with Crippen molar-refractivity contribution in [3.8, 4) is 0 Å². The Morgan fingerprint density at radius 2 is 1.80 bits per heavy atom. The Morgan fingerprint density at radius 3 is 2.07 bits per heavy atom. The third kappa shape index (κ3) is 7.86. The minimum atomic E-state index is 0.388. The molecule has 86 valence electrons. The van der Waals surface area contributed by atoms with E-state index in [0.29, 0.717) is 5.92 Å².